The number of halogens is 1. The molecule has 0 saturated carbocycles. The van der Waals surface area contributed by atoms with Gasteiger partial charge in [-0.3, -0.25) is 4.72 Å². The zero-order valence-corrected chi connectivity index (χ0v) is 18.2. The number of rotatable bonds is 5. The minimum atomic E-state index is -3.85. The number of sulfonamides is 2. The second-order valence-corrected chi connectivity index (χ2v) is 11.0. The first-order valence-electron chi connectivity index (χ1n) is 9.01. The first-order chi connectivity index (χ1) is 13.1. The van der Waals surface area contributed by atoms with Crippen LogP contribution < -0.4 is 4.72 Å². The molecule has 0 aliphatic carbocycles. The van der Waals surface area contributed by atoms with Gasteiger partial charge in [0.2, 0.25) is 10.0 Å². The molecule has 0 bridgehead atoms. The second-order valence-electron chi connectivity index (χ2n) is 6.96. The Morgan fingerprint density at radius 3 is 2.21 bits per heavy atom. The maximum Gasteiger partial charge on any atom is 0.261 e. The van der Waals surface area contributed by atoms with Crippen LogP contribution >= 0.6 is 11.6 Å². The lowest BCUT2D eigenvalue weighted by Gasteiger charge is -2.26. The topological polar surface area (TPSA) is 83.5 Å². The van der Waals surface area contributed by atoms with E-state index in [1.165, 1.54) is 28.6 Å². The summed E-state index contributed by atoms with van der Waals surface area (Å²) in [5.74, 6) is 0. The van der Waals surface area contributed by atoms with E-state index in [0.29, 0.717) is 13.1 Å². The van der Waals surface area contributed by atoms with E-state index < -0.39 is 20.0 Å². The van der Waals surface area contributed by atoms with Crippen molar-refractivity contribution < 1.29 is 16.8 Å². The van der Waals surface area contributed by atoms with Crippen molar-refractivity contribution in [2.24, 2.45) is 0 Å². The van der Waals surface area contributed by atoms with Crippen molar-refractivity contribution in [1.29, 1.82) is 0 Å². The normalized spacial score (nSPS) is 16.1. The Morgan fingerprint density at radius 1 is 0.893 bits per heavy atom. The molecule has 1 saturated heterocycles. The van der Waals surface area contributed by atoms with Crippen LogP contribution in [0.2, 0.25) is 5.02 Å². The van der Waals surface area contributed by atoms with Gasteiger partial charge in [-0.1, -0.05) is 24.1 Å². The summed E-state index contributed by atoms with van der Waals surface area (Å²) < 4.78 is 55.2. The number of hydrogen-bond acceptors (Lipinski definition) is 4. The van der Waals surface area contributed by atoms with Crippen molar-refractivity contribution in [3.8, 4) is 0 Å². The maximum absolute atomic E-state index is 12.9. The van der Waals surface area contributed by atoms with Crippen LogP contribution in [0.15, 0.2) is 46.2 Å². The molecule has 0 amide bonds. The van der Waals surface area contributed by atoms with E-state index in [9.17, 15) is 16.8 Å². The molecule has 2 aromatic carbocycles. The third kappa shape index (κ3) is 4.35. The van der Waals surface area contributed by atoms with Gasteiger partial charge >= 0.3 is 0 Å². The summed E-state index contributed by atoms with van der Waals surface area (Å²) >= 11 is 6.14. The summed E-state index contributed by atoms with van der Waals surface area (Å²) in [6.45, 7) is 4.62. The van der Waals surface area contributed by atoms with E-state index in [-0.39, 0.29) is 20.5 Å². The number of hydrogen-bond donors (Lipinski definition) is 1. The Bertz CT molecular complexity index is 1090. The molecule has 2 aromatic rings. The highest BCUT2D eigenvalue weighted by molar-refractivity contribution is 7.92. The van der Waals surface area contributed by atoms with Crippen LogP contribution in [-0.4, -0.2) is 34.2 Å². The lowest BCUT2D eigenvalue weighted by molar-refractivity contribution is 0.346. The van der Waals surface area contributed by atoms with E-state index in [2.05, 4.69) is 4.72 Å². The average Bonchev–Trinajstić information content (AvgIpc) is 2.66. The highest BCUT2D eigenvalue weighted by atomic mass is 35.5. The Kier molecular flexibility index (Phi) is 6.05. The van der Waals surface area contributed by atoms with Gasteiger partial charge in [0.1, 0.15) is 4.90 Å². The zero-order chi connectivity index (χ0) is 20.5. The Balaban J connectivity index is 1.93. The van der Waals surface area contributed by atoms with Crippen LogP contribution in [-0.2, 0) is 20.0 Å². The summed E-state index contributed by atoms with van der Waals surface area (Å²) in [6.07, 6.45) is 2.60. The molecule has 0 aromatic heterocycles. The number of benzene rings is 2. The summed E-state index contributed by atoms with van der Waals surface area (Å²) in [4.78, 5) is 0.0299. The quantitative estimate of drug-likeness (QED) is 0.760. The molecule has 1 aliphatic heterocycles. The number of anilines is 1. The molecule has 0 unspecified atom stereocenters. The third-order valence-electron chi connectivity index (χ3n) is 4.90. The Labute approximate surface area is 171 Å². The molecule has 0 atom stereocenters. The van der Waals surface area contributed by atoms with Gasteiger partial charge in [0.15, 0.2) is 0 Å². The lowest BCUT2D eigenvalue weighted by Crippen LogP contribution is -2.35. The van der Waals surface area contributed by atoms with E-state index in [1.54, 1.807) is 12.1 Å². The van der Waals surface area contributed by atoms with Gasteiger partial charge < -0.3 is 0 Å². The molecule has 1 aliphatic rings. The molecule has 1 fully saturated rings. The molecule has 1 N–H and O–H groups in total. The van der Waals surface area contributed by atoms with E-state index >= 15 is 0 Å². The predicted molar refractivity (Wildman–Crippen MR) is 111 cm³/mol. The molecule has 3 rings (SSSR count). The van der Waals surface area contributed by atoms with Gasteiger partial charge in [-0.15, -0.1) is 0 Å². The molecular weight excluding hydrogens is 420 g/mol. The SMILES string of the molecule is Cc1ccc(S(=O)(=O)Nc2ccc(Cl)c(S(=O)(=O)N3CCCCC3)c2)cc1C. The van der Waals surface area contributed by atoms with Gasteiger partial charge in [-0.2, -0.15) is 4.31 Å². The zero-order valence-electron chi connectivity index (χ0n) is 15.8. The number of nitrogens with one attached hydrogen (secondary N) is 1. The fourth-order valence-corrected chi connectivity index (χ4v) is 6.26. The van der Waals surface area contributed by atoms with Crippen LogP contribution in [0.25, 0.3) is 0 Å². The maximum atomic E-state index is 12.9. The van der Waals surface area contributed by atoms with Gasteiger partial charge in [-0.25, -0.2) is 16.8 Å². The summed E-state index contributed by atoms with van der Waals surface area (Å²) in [5, 5.41) is 0.0692. The first-order valence-corrected chi connectivity index (χ1v) is 12.3. The molecule has 9 heteroatoms. The Morgan fingerprint density at radius 2 is 1.57 bits per heavy atom. The van der Waals surface area contributed by atoms with Crippen LogP contribution in [0, 0.1) is 13.8 Å². The molecule has 1 heterocycles. The van der Waals surface area contributed by atoms with Gasteiger partial charge in [-0.05, 0) is 68.1 Å². The number of piperidine rings is 1. The molecule has 28 heavy (non-hydrogen) atoms. The summed E-state index contributed by atoms with van der Waals surface area (Å²) in [6, 6.07) is 8.97. The van der Waals surface area contributed by atoms with Crippen molar-refractivity contribution in [3.63, 3.8) is 0 Å². The number of nitrogens with zero attached hydrogens (tertiary/aromatic N) is 1. The van der Waals surface area contributed by atoms with Gasteiger partial charge in [0.05, 0.1) is 15.6 Å². The van der Waals surface area contributed by atoms with Crippen molar-refractivity contribution in [2.75, 3.05) is 17.8 Å². The fraction of sp³-hybridized carbons (Fsp3) is 0.368. The van der Waals surface area contributed by atoms with Crippen molar-refractivity contribution in [3.05, 3.63) is 52.5 Å². The Hall–Kier alpha value is -1.61. The molecule has 152 valence electrons. The number of aryl methyl sites for hydroxylation is 2. The molecule has 0 spiro atoms. The smallest absolute Gasteiger partial charge is 0.261 e. The highest BCUT2D eigenvalue weighted by Gasteiger charge is 2.28. The molecule has 6 nitrogen and oxygen atoms in total. The van der Waals surface area contributed by atoms with E-state index in [1.807, 2.05) is 13.8 Å². The van der Waals surface area contributed by atoms with Crippen molar-refractivity contribution in [1.82, 2.24) is 4.31 Å². The van der Waals surface area contributed by atoms with Crippen molar-refractivity contribution >= 4 is 37.3 Å². The molecular formula is C19H23ClN2O4S2. The van der Waals surface area contributed by atoms with E-state index in [4.69, 9.17) is 11.6 Å². The van der Waals surface area contributed by atoms with Crippen LogP contribution in [0.5, 0.6) is 0 Å². The van der Waals surface area contributed by atoms with E-state index in [0.717, 1.165) is 30.4 Å². The van der Waals surface area contributed by atoms with Gasteiger partial charge in [0, 0.05) is 13.1 Å². The highest BCUT2D eigenvalue weighted by Crippen LogP contribution is 2.30. The standard InChI is InChI=1S/C19H23ClN2O4S2/c1-14-6-8-17(12-15(14)2)27(23,24)21-16-7-9-18(20)19(13-16)28(25,26)22-10-4-3-5-11-22/h6-9,12-13,21H,3-5,10-11H2,1-2H3. The van der Waals surface area contributed by atoms with Crippen LogP contribution in [0.4, 0.5) is 5.69 Å². The van der Waals surface area contributed by atoms with Crippen molar-refractivity contribution in [2.45, 2.75) is 42.9 Å². The lowest BCUT2D eigenvalue weighted by atomic mass is 10.1. The van der Waals surface area contributed by atoms with Crippen LogP contribution in [0.1, 0.15) is 30.4 Å². The fourth-order valence-electron chi connectivity index (χ4n) is 3.10. The largest absolute Gasteiger partial charge is 0.280 e. The summed E-state index contributed by atoms with van der Waals surface area (Å²) in [7, 11) is -7.64. The first kappa shape index (κ1) is 21.1. The second kappa shape index (κ2) is 8.02. The average molecular weight is 443 g/mol. The monoisotopic (exact) mass is 442 g/mol. The molecule has 0 radical (unpaired) electrons. The van der Waals surface area contributed by atoms with Gasteiger partial charge in [0.25, 0.3) is 10.0 Å². The predicted octanol–water partition coefficient (Wildman–Crippen LogP) is 3.93. The summed E-state index contributed by atoms with van der Waals surface area (Å²) in [5.41, 5.74) is 1.99. The van der Waals surface area contributed by atoms with Crippen LogP contribution in [0.3, 0.4) is 0 Å². The third-order valence-corrected chi connectivity index (χ3v) is 8.66. The minimum Gasteiger partial charge on any atom is -0.280 e. The minimum absolute atomic E-state index is 0.0692.